The highest BCUT2D eigenvalue weighted by Gasteiger charge is 2.53. The van der Waals surface area contributed by atoms with E-state index in [9.17, 15) is 4.79 Å². The Morgan fingerprint density at radius 2 is 1.54 bits per heavy atom. The van der Waals surface area contributed by atoms with Gasteiger partial charge in [-0.25, -0.2) is 0 Å². The molecule has 3 saturated heterocycles. The van der Waals surface area contributed by atoms with Crippen molar-refractivity contribution in [2.45, 2.75) is 72.3 Å². The lowest BCUT2D eigenvalue weighted by Crippen LogP contribution is -2.65. The summed E-state index contributed by atoms with van der Waals surface area (Å²) in [7, 11) is 0. The molecule has 4 nitrogen and oxygen atoms in total. The minimum atomic E-state index is 0.158. The predicted molar refractivity (Wildman–Crippen MR) is 115 cm³/mol. The number of rotatable bonds is 5. The van der Waals surface area contributed by atoms with Crippen molar-refractivity contribution in [1.82, 2.24) is 14.7 Å². The van der Waals surface area contributed by atoms with Crippen molar-refractivity contribution in [2.24, 2.45) is 29.1 Å². The van der Waals surface area contributed by atoms with Gasteiger partial charge >= 0.3 is 0 Å². The van der Waals surface area contributed by atoms with Crippen molar-refractivity contribution in [3.63, 3.8) is 0 Å². The number of hydrogen-bond acceptors (Lipinski definition) is 3. The van der Waals surface area contributed by atoms with Crippen LogP contribution in [0.5, 0.6) is 0 Å². The molecule has 0 aromatic heterocycles. The Morgan fingerprint density at radius 3 is 2.07 bits per heavy atom. The third-order valence-corrected chi connectivity index (χ3v) is 8.41. The first kappa shape index (κ1) is 20.7. The van der Waals surface area contributed by atoms with Gasteiger partial charge in [-0.15, -0.1) is 0 Å². The summed E-state index contributed by atoms with van der Waals surface area (Å²) in [5, 5.41) is 0. The van der Waals surface area contributed by atoms with Crippen LogP contribution in [0.3, 0.4) is 0 Å². The lowest BCUT2D eigenvalue weighted by molar-refractivity contribution is -0.159. The maximum atomic E-state index is 12.1. The molecule has 0 aromatic carbocycles. The molecule has 0 N–H and O–H groups in total. The van der Waals surface area contributed by atoms with Crippen molar-refractivity contribution in [1.29, 1.82) is 0 Å². The first-order valence-corrected chi connectivity index (χ1v) is 12.1. The molecule has 1 spiro atoms. The molecule has 4 fully saturated rings. The largest absolute Gasteiger partial charge is 0.341 e. The van der Waals surface area contributed by atoms with E-state index in [1.165, 1.54) is 71.2 Å². The van der Waals surface area contributed by atoms with Gasteiger partial charge < -0.3 is 14.7 Å². The molecule has 3 heterocycles. The van der Waals surface area contributed by atoms with Gasteiger partial charge in [0.15, 0.2) is 0 Å². The van der Waals surface area contributed by atoms with Gasteiger partial charge in [0.2, 0.25) is 5.91 Å². The van der Waals surface area contributed by atoms with Gasteiger partial charge in [0.25, 0.3) is 0 Å². The van der Waals surface area contributed by atoms with E-state index in [2.05, 4.69) is 28.5 Å². The number of likely N-dealkylation sites (tertiary alicyclic amines) is 3. The normalized spacial score (nSPS) is 28.1. The van der Waals surface area contributed by atoms with Gasteiger partial charge in [0.1, 0.15) is 0 Å². The van der Waals surface area contributed by atoms with Crippen molar-refractivity contribution in [2.75, 3.05) is 45.8 Å². The quantitative estimate of drug-likeness (QED) is 0.717. The van der Waals surface area contributed by atoms with E-state index in [4.69, 9.17) is 0 Å². The monoisotopic (exact) mass is 389 g/mol. The molecule has 0 unspecified atom stereocenters. The summed E-state index contributed by atoms with van der Waals surface area (Å²) >= 11 is 0. The predicted octanol–water partition coefficient (Wildman–Crippen LogP) is 3.71. The van der Waals surface area contributed by atoms with Crippen molar-refractivity contribution >= 4 is 5.91 Å². The van der Waals surface area contributed by atoms with Crippen LogP contribution in [0.2, 0.25) is 0 Å². The number of nitrogens with zero attached hydrogens (tertiary/aromatic N) is 3. The summed E-state index contributed by atoms with van der Waals surface area (Å²) in [6.07, 6.45) is 8.30. The fourth-order valence-corrected chi connectivity index (χ4v) is 6.62. The second kappa shape index (κ2) is 8.26. The standard InChI is InChI=1S/C24H43N3O/c1-18(2)21-5-11-26(12-6-21)22-7-9-25(10-8-22)15-20-13-24(14-20)16-27(17-24)23(28)19(3)4/h18-22H,5-17H2,1-4H3. The number of hydrogen-bond donors (Lipinski definition) is 0. The van der Waals surface area contributed by atoms with Crippen molar-refractivity contribution in [3.05, 3.63) is 0 Å². The van der Waals surface area contributed by atoms with Crippen LogP contribution in [0.4, 0.5) is 0 Å². The molecule has 1 aliphatic carbocycles. The zero-order valence-electron chi connectivity index (χ0n) is 18.8. The maximum Gasteiger partial charge on any atom is 0.225 e. The molecule has 0 atom stereocenters. The molecule has 4 rings (SSSR count). The second-order valence-electron chi connectivity index (χ2n) is 11.3. The van der Waals surface area contributed by atoms with Crippen LogP contribution in [0.15, 0.2) is 0 Å². The summed E-state index contributed by atoms with van der Waals surface area (Å²) in [5.74, 6) is 3.22. The van der Waals surface area contributed by atoms with Crippen LogP contribution in [0.25, 0.3) is 0 Å². The van der Waals surface area contributed by atoms with Gasteiger partial charge in [0.05, 0.1) is 0 Å². The Balaban J connectivity index is 1.12. The highest BCUT2D eigenvalue weighted by Crippen LogP contribution is 2.52. The minimum absolute atomic E-state index is 0.158. The van der Waals surface area contributed by atoms with Crippen LogP contribution in [-0.4, -0.2) is 72.5 Å². The molecule has 3 aliphatic heterocycles. The molecule has 160 valence electrons. The molecule has 4 aliphatic rings. The highest BCUT2D eigenvalue weighted by molar-refractivity contribution is 5.79. The van der Waals surface area contributed by atoms with E-state index in [0.717, 1.165) is 36.9 Å². The Kier molecular flexibility index (Phi) is 6.09. The van der Waals surface area contributed by atoms with Crippen LogP contribution in [0.1, 0.15) is 66.2 Å². The van der Waals surface area contributed by atoms with Crippen LogP contribution >= 0.6 is 0 Å². The Hall–Kier alpha value is -0.610. The highest BCUT2D eigenvalue weighted by atomic mass is 16.2. The van der Waals surface area contributed by atoms with Crippen LogP contribution in [0, 0.1) is 29.1 Å². The fourth-order valence-electron chi connectivity index (χ4n) is 6.62. The number of carbonyl (C=O) groups is 1. The minimum Gasteiger partial charge on any atom is -0.341 e. The smallest absolute Gasteiger partial charge is 0.225 e. The third-order valence-electron chi connectivity index (χ3n) is 8.41. The average molecular weight is 390 g/mol. The second-order valence-corrected chi connectivity index (χ2v) is 11.3. The lowest BCUT2D eigenvalue weighted by Gasteiger charge is -2.60. The fraction of sp³-hybridized carbons (Fsp3) is 0.958. The number of piperidine rings is 2. The van der Waals surface area contributed by atoms with Gasteiger partial charge in [0, 0.05) is 37.0 Å². The Morgan fingerprint density at radius 1 is 0.929 bits per heavy atom. The zero-order chi connectivity index (χ0) is 19.9. The summed E-state index contributed by atoms with van der Waals surface area (Å²) in [4.78, 5) is 19.7. The molecule has 1 amide bonds. The SMILES string of the molecule is CC(C)C(=O)N1CC2(CC(CN3CCC(N4CCC(C(C)C)CC4)CC3)C2)C1. The Bertz CT molecular complexity index is 530. The van der Waals surface area contributed by atoms with Gasteiger partial charge in [-0.05, 0) is 82.5 Å². The molecular weight excluding hydrogens is 346 g/mol. The summed E-state index contributed by atoms with van der Waals surface area (Å²) in [6.45, 7) is 17.5. The third kappa shape index (κ3) is 4.28. The van der Waals surface area contributed by atoms with E-state index >= 15 is 0 Å². The van der Waals surface area contributed by atoms with Gasteiger partial charge in [-0.1, -0.05) is 27.7 Å². The molecular formula is C24H43N3O. The topological polar surface area (TPSA) is 26.8 Å². The van der Waals surface area contributed by atoms with Crippen molar-refractivity contribution in [3.8, 4) is 0 Å². The Labute approximate surface area is 173 Å². The van der Waals surface area contributed by atoms with E-state index in [1.54, 1.807) is 0 Å². The maximum absolute atomic E-state index is 12.1. The van der Waals surface area contributed by atoms with E-state index in [1.807, 2.05) is 13.8 Å². The molecule has 0 aromatic rings. The number of carbonyl (C=O) groups excluding carboxylic acids is 1. The van der Waals surface area contributed by atoms with E-state index in [0.29, 0.717) is 11.3 Å². The first-order valence-electron chi connectivity index (χ1n) is 12.1. The van der Waals surface area contributed by atoms with Gasteiger partial charge in [-0.3, -0.25) is 4.79 Å². The van der Waals surface area contributed by atoms with E-state index < -0.39 is 0 Å². The summed E-state index contributed by atoms with van der Waals surface area (Å²) in [6, 6.07) is 0.847. The molecule has 4 heteroatoms. The average Bonchev–Trinajstić information content (AvgIpc) is 2.62. The first-order chi connectivity index (χ1) is 13.3. The molecule has 0 bridgehead atoms. The molecule has 1 saturated carbocycles. The molecule has 0 radical (unpaired) electrons. The van der Waals surface area contributed by atoms with E-state index in [-0.39, 0.29) is 5.92 Å². The summed E-state index contributed by atoms with van der Waals surface area (Å²) in [5.41, 5.74) is 0.508. The van der Waals surface area contributed by atoms with Crippen LogP contribution < -0.4 is 0 Å². The summed E-state index contributed by atoms with van der Waals surface area (Å²) < 4.78 is 0. The zero-order valence-corrected chi connectivity index (χ0v) is 18.8. The van der Waals surface area contributed by atoms with Gasteiger partial charge in [-0.2, -0.15) is 0 Å². The number of amides is 1. The van der Waals surface area contributed by atoms with Crippen LogP contribution in [-0.2, 0) is 4.79 Å². The lowest BCUT2D eigenvalue weighted by atomic mass is 9.57. The van der Waals surface area contributed by atoms with Crippen molar-refractivity contribution < 1.29 is 4.79 Å². The molecule has 28 heavy (non-hydrogen) atoms.